The zero-order chi connectivity index (χ0) is 31.3. The first-order valence-electron chi connectivity index (χ1n) is 17.3. The summed E-state index contributed by atoms with van der Waals surface area (Å²) in [6, 6.07) is 19.9. The third-order valence-electron chi connectivity index (χ3n) is 11.0. The van der Waals surface area contributed by atoms with Gasteiger partial charge in [0.2, 0.25) is 0 Å². The second-order valence-electron chi connectivity index (χ2n) is 14.6. The minimum Gasteiger partial charge on any atom is -0.481 e. The molecule has 2 aromatic carbocycles. The molecular weight excluding hydrogens is 564 g/mol. The molecule has 0 amide bonds. The number of carbonyl (C=O) groups is 2. The highest BCUT2D eigenvalue weighted by molar-refractivity contribution is 5.72. The van der Waals surface area contributed by atoms with Gasteiger partial charge in [-0.1, -0.05) is 55.3 Å². The van der Waals surface area contributed by atoms with Crippen molar-refractivity contribution in [1.82, 2.24) is 20.9 Å². The second kappa shape index (κ2) is 14.3. The molecule has 8 nitrogen and oxygen atoms in total. The molecule has 4 aliphatic rings. The van der Waals surface area contributed by atoms with Crippen molar-refractivity contribution in [2.75, 3.05) is 46.3 Å². The monoisotopic (exact) mass is 616 g/mol. The van der Waals surface area contributed by atoms with Crippen molar-refractivity contribution in [3.8, 4) is 5.75 Å². The molecule has 4 aliphatic carbocycles. The Kier molecular flexibility index (Phi) is 10.2. The molecule has 0 saturated heterocycles. The van der Waals surface area contributed by atoms with Gasteiger partial charge < -0.3 is 30.7 Å². The number of carboxylic acid groups (broad SMARTS) is 1. The predicted molar refractivity (Wildman–Crippen MR) is 177 cm³/mol. The Labute approximate surface area is 268 Å². The molecule has 8 heteroatoms. The first kappa shape index (κ1) is 32.2. The molecular formula is C37H52N4O4. The zero-order valence-electron chi connectivity index (χ0n) is 26.9. The molecule has 0 unspecified atom stereocenters. The molecule has 4 saturated carbocycles. The van der Waals surface area contributed by atoms with E-state index in [9.17, 15) is 9.59 Å². The number of carboxylic acids is 1. The van der Waals surface area contributed by atoms with Crippen molar-refractivity contribution >= 4 is 11.9 Å². The van der Waals surface area contributed by atoms with Crippen LogP contribution in [0.4, 0.5) is 0 Å². The summed E-state index contributed by atoms with van der Waals surface area (Å²) in [6.07, 6.45) is 10.3. The van der Waals surface area contributed by atoms with Crippen LogP contribution in [0.25, 0.3) is 0 Å². The summed E-state index contributed by atoms with van der Waals surface area (Å²) in [6.45, 7) is 5.14. The molecule has 4 atom stereocenters. The predicted octanol–water partition coefficient (Wildman–Crippen LogP) is 4.91. The Bertz CT molecular complexity index is 1290. The Hall–Kier alpha value is -2.78. The molecule has 0 heterocycles. The Morgan fingerprint density at radius 3 is 2.13 bits per heavy atom. The lowest BCUT2D eigenvalue weighted by atomic mass is 9.68. The standard InChI is InChI=1S/C37H52N4O4/c1-41(19-13-34(42)43)26-37(16-7-17-37)25-40-33-22-31(33)28-10-5-11-29(20-28)45-35(44)12-18-38-23-36(14-6-15-36)24-39-32-21-30(32)27-8-3-2-4-9-27/h2-5,8-11,20,30-33,38-40H,6-7,12-19,21-26H2,1H3,(H,42,43)/t30-,31-,32+,33+/m1/s1. The maximum Gasteiger partial charge on any atom is 0.312 e. The normalized spacial score (nSPS) is 25.6. The van der Waals surface area contributed by atoms with E-state index < -0.39 is 5.97 Å². The molecule has 45 heavy (non-hydrogen) atoms. The number of benzene rings is 2. The third kappa shape index (κ3) is 8.73. The van der Waals surface area contributed by atoms with Crippen LogP contribution in [0.15, 0.2) is 54.6 Å². The number of nitrogens with one attached hydrogen (secondary N) is 3. The fourth-order valence-corrected chi connectivity index (χ4v) is 7.61. The topological polar surface area (TPSA) is 103 Å². The van der Waals surface area contributed by atoms with Crippen molar-refractivity contribution in [1.29, 1.82) is 0 Å². The average Bonchev–Trinajstić information content (AvgIpc) is 3.92. The molecule has 244 valence electrons. The van der Waals surface area contributed by atoms with E-state index in [2.05, 4.69) is 57.2 Å². The molecule has 0 spiro atoms. The van der Waals surface area contributed by atoms with E-state index in [1.807, 2.05) is 25.2 Å². The van der Waals surface area contributed by atoms with Crippen LogP contribution >= 0.6 is 0 Å². The number of nitrogens with zero attached hydrogens (tertiary/aromatic N) is 1. The van der Waals surface area contributed by atoms with Crippen LogP contribution < -0.4 is 20.7 Å². The van der Waals surface area contributed by atoms with Crippen LogP contribution in [-0.4, -0.2) is 80.3 Å². The summed E-state index contributed by atoms with van der Waals surface area (Å²) >= 11 is 0. The number of aliphatic carboxylic acids is 1. The van der Waals surface area contributed by atoms with E-state index in [1.165, 1.54) is 56.1 Å². The Morgan fingerprint density at radius 1 is 0.844 bits per heavy atom. The van der Waals surface area contributed by atoms with E-state index in [1.54, 1.807) is 0 Å². The van der Waals surface area contributed by atoms with Crippen molar-refractivity contribution in [2.24, 2.45) is 10.8 Å². The number of rotatable bonds is 19. The molecule has 0 aromatic heterocycles. The van der Waals surface area contributed by atoms with Crippen molar-refractivity contribution in [2.45, 2.75) is 88.1 Å². The van der Waals surface area contributed by atoms with Crippen LogP contribution in [0.3, 0.4) is 0 Å². The lowest BCUT2D eigenvalue weighted by Crippen LogP contribution is -2.48. The fourth-order valence-electron chi connectivity index (χ4n) is 7.61. The van der Waals surface area contributed by atoms with Gasteiger partial charge in [-0.15, -0.1) is 0 Å². The Balaban J connectivity index is 0.876. The number of carbonyl (C=O) groups excluding carboxylic acids is 1. The SMILES string of the molecule is CN(CCC(=O)O)CC1(CN[C@H]2C[C@@H]2c2cccc(OC(=O)CCNCC3(CN[C@H]4C[C@@H]4c4ccccc4)CCC3)c2)CCC1. The summed E-state index contributed by atoms with van der Waals surface area (Å²) in [5.41, 5.74) is 3.23. The first-order chi connectivity index (χ1) is 21.8. The third-order valence-corrected chi connectivity index (χ3v) is 11.0. The van der Waals surface area contributed by atoms with Gasteiger partial charge in [0.25, 0.3) is 0 Å². The highest BCUT2D eigenvalue weighted by Gasteiger charge is 2.44. The van der Waals surface area contributed by atoms with Crippen molar-refractivity contribution in [3.05, 3.63) is 65.7 Å². The van der Waals surface area contributed by atoms with Gasteiger partial charge in [-0.25, -0.2) is 0 Å². The van der Waals surface area contributed by atoms with Crippen LogP contribution in [0, 0.1) is 10.8 Å². The van der Waals surface area contributed by atoms with Gasteiger partial charge in [-0.05, 0) is 79.7 Å². The van der Waals surface area contributed by atoms with Crippen molar-refractivity contribution < 1.29 is 19.4 Å². The molecule has 0 aliphatic heterocycles. The van der Waals surface area contributed by atoms with Gasteiger partial charge in [0, 0.05) is 63.2 Å². The average molecular weight is 617 g/mol. The maximum absolute atomic E-state index is 12.7. The quantitative estimate of drug-likeness (QED) is 0.100. The maximum atomic E-state index is 12.7. The smallest absolute Gasteiger partial charge is 0.312 e. The lowest BCUT2D eigenvalue weighted by molar-refractivity contribution is -0.137. The summed E-state index contributed by atoms with van der Waals surface area (Å²) in [4.78, 5) is 25.8. The zero-order valence-corrected chi connectivity index (χ0v) is 26.9. The van der Waals surface area contributed by atoms with Gasteiger partial charge in [-0.3, -0.25) is 9.59 Å². The van der Waals surface area contributed by atoms with Gasteiger partial charge in [0.05, 0.1) is 12.8 Å². The summed E-state index contributed by atoms with van der Waals surface area (Å²) in [7, 11) is 2.03. The van der Waals surface area contributed by atoms with Crippen LogP contribution in [0.5, 0.6) is 5.75 Å². The minimum absolute atomic E-state index is 0.187. The fraction of sp³-hybridized carbons (Fsp3) is 0.622. The van der Waals surface area contributed by atoms with Gasteiger partial charge in [-0.2, -0.15) is 0 Å². The summed E-state index contributed by atoms with van der Waals surface area (Å²) < 4.78 is 5.75. The minimum atomic E-state index is -0.736. The van der Waals surface area contributed by atoms with Gasteiger partial charge in [0.15, 0.2) is 0 Å². The highest BCUT2D eigenvalue weighted by Crippen LogP contribution is 2.46. The van der Waals surface area contributed by atoms with Gasteiger partial charge >= 0.3 is 11.9 Å². The van der Waals surface area contributed by atoms with E-state index in [0.717, 1.165) is 32.6 Å². The molecule has 4 N–H and O–H groups in total. The number of hydrogen-bond donors (Lipinski definition) is 4. The largest absolute Gasteiger partial charge is 0.481 e. The van der Waals surface area contributed by atoms with Crippen LogP contribution in [0.1, 0.15) is 87.2 Å². The summed E-state index contributed by atoms with van der Waals surface area (Å²) in [5.74, 6) is 0.809. The lowest BCUT2D eigenvalue weighted by Gasteiger charge is -2.44. The van der Waals surface area contributed by atoms with Crippen molar-refractivity contribution in [3.63, 3.8) is 0 Å². The van der Waals surface area contributed by atoms with Gasteiger partial charge in [0.1, 0.15) is 5.75 Å². The molecule has 4 fully saturated rings. The highest BCUT2D eigenvalue weighted by atomic mass is 16.5. The van der Waals surface area contributed by atoms with E-state index in [-0.39, 0.29) is 17.8 Å². The Morgan fingerprint density at radius 2 is 1.49 bits per heavy atom. The van der Waals surface area contributed by atoms with E-state index in [0.29, 0.717) is 54.6 Å². The molecule has 2 aromatic rings. The number of ether oxygens (including phenoxy) is 1. The van der Waals surface area contributed by atoms with Crippen LogP contribution in [0.2, 0.25) is 0 Å². The molecule has 0 radical (unpaired) electrons. The van der Waals surface area contributed by atoms with E-state index >= 15 is 0 Å². The number of hydrogen-bond acceptors (Lipinski definition) is 7. The van der Waals surface area contributed by atoms with E-state index in [4.69, 9.17) is 9.84 Å². The molecule has 6 rings (SSSR count). The number of esters is 1. The second-order valence-corrected chi connectivity index (χ2v) is 14.6. The first-order valence-corrected chi connectivity index (χ1v) is 17.3. The molecule has 0 bridgehead atoms. The van der Waals surface area contributed by atoms with Crippen LogP contribution in [-0.2, 0) is 9.59 Å². The summed E-state index contributed by atoms with van der Waals surface area (Å²) in [5, 5.41) is 20.2.